The zero-order valence-corrected chi connectivity index (χ0v) is 22.4. The number of nitrogens with zero attached hydrogens (tertiary/aromatic N) is 6. The summed E-state index contributed by atoms with van der Waals surface area (Å²) in [4.78, 5) is 24.3. The number of likely N-dealkylation sites (tertiary alicyclic amines) is 1. The van der Waals surface area contributed by atoms with Crippen LogP contribution in [0.1, 0.15) is 36.8 Å². The fraction of sp³-hybridized carbons (Fsp3) is 0.344. The fourth-order valence-corrected chi connectivity index (χ4v) is 5.20. The van der Waals surface area contributed by atoms with E-state index < -0.39 is 0 Å². The Morgan fingerprint density at radius 2 is 1.68 bits per heavy atom. The first-order valence-electron chi connectivity index (χ1n) is 14.0. The number of rotatable bonds is 9. The summed E-state index contributed by atoms with van der Waals surface area (Å²) in [5.41, 5.74) is 3.54. The van der Waals surface area contributed by atoms with Gasteiger partial charge in [-0.2, -0.15) is 10.4 Å². The van der Waals surface area contributed by atoms with Gasteiger partial charge in [-0.25, -0.2) is 14.6 Å². The Bertz CT molecular complexity index is 1560. The van der Waals surface area contributed by atoms with E-state index in [9.17, 15) is 10.1 Å². The average Bonchev–Trinajstić information content (AvgIpc) is 3.82. The van der Waals surface area contributed by atoms with Crippen molar-refractivity contribution in [3.8, 4) is 34.5 Å². The average molecular weight is 533 g/mol. The Morgan fingerprint density at radius 3 is 2.45 bits per heavy atom. The van der Waals surface area contributed by atoms with Crippen LogP contribution in [-0.4, -0.2) is 50.9 Å². The van der Waals surface area contributed by atoms with Crippen molar-refractivity contribution < 1.29 is 4.74 Å². The summed E-state index contributed by atoms with van der Waals surface area (Å²) in [6, 6.07) is 20.3. The highest BCUT2D eigenvalue weighted by Crippen LogP contribution is 2.31. The van der Waals surface area contributed by atoms with Gasteiger partial charge in [-0.1, -0.05) is 30.3 Å². The van der Waals surface area contributed by atoms with Gasteiger partial charge in [0.15, 0.2) is 11.6 Å². The summed E-state index contributed by atoms with van der Waals surface area (Å²) in [7, 11) is 0. The number of benzene rings is 2. The molecular weight excluding hydrogens is 500 g/mol. The van der Waals surface area contributed by atoms with Crippen molar-refractivity contribution in [2.24, 2.45) is 11.8 Å². The van der Waals surface area contributed by atoms with E-state index in [1.807, 2.05) is 36.4 Å². The molecule has 202 valence electrons. The molecule has 0 N–H and O–H groups in total. The van der Waals surface area contributed by atoms with Crippen LogP contribution in [0.3, 0.4) is 0 Å². The van der Waals surface area contributed by atoms with Crippen molar-refractivity contribution in [1.29, 1.82) is 5.26 Å². The largest absolute Gasteiger partial charge is 0.490 e. The lowest BCUT2D eigenvalue weighted by Crippen LogP contribution is -2.36. The van der Waals surface area contributed by atoms with Gasteiger partial charge in [0.25, 0.3) is 5.56 Å². The third kappa shape index (κ3) is 6.44. The molecule has 0 spiro atoms. The van der Waals surface area contributed by atoms with E-state index in [0.29, 0.717) is 41.9 Å². The Kier molecular flexibility index (Phi) is 7.64. The Labute approximate surface area is 233 Å². The standard InChI is InChI=1S/C32H32N6O2/c33-17-25-3-1-5-27(15-25)30-9-10-31(39)38(36-30)21-26-4-2-6-28(16-26)32-34-18-29(19-35-32)40-22-24-11-13-37(14-12-24)20-23-7-8-23/h1-6,9-10,15-16,18-19,23-24H,7-8,11-14,20-22H2. The van der Waals surface area contributed by atoms with Gasteiger partial charge < -0.3 is 9.64 Å². The molecule has 2 fully saturated rings. The number of ether oxygens (including phenoxy) is 1. The van der Waals surface area contributed by atoms with Gasteiger partial charge in [0.05, 0.1) is 42.9 Å². The van der Waals surface area contributed by atoms with Gasteiger partial charge >= 0.3 is 0 Å². The molecule has 4 aromatic rings. The first-order valence-corrected chi connectivity index (χ1v) is 14.0. The lowest BCUT2D eigenvalue weighted by molar-refractivity contribution is 0.137. The molecule has 1 aliphatic heterocycles. The summed E-state index contributed by atoms with van der Waals surface area (Å²) in [5, 5.41) is 13.8. The molecule has 2 aromatic carbocycles. The summed E-state index contributed by atoms with van der Waals surface area (Å²) in [5.74, 6) is 2.82. The summed E-state index contributed by atoms with van der Waals surface area (Å²) < 4.78 is 7.47. The quantitative estimate of drug-likeness (QED) is 0.306. The lowest BCUT2D eigenvalue weighted by Gasteiger charge is -2.31. The maximum Gasteiger partial charge on any atom is 0.267 e. The SMILES string of the molecule is N#Cc1cccc(-c2ccc(=O)n(Cc3cccc(-c4ncc(OCC5CCN(CC6CC6)CC5)cn4)c3)n2)c1. The molecule has 2 aromatic heterocycles. The zero-order chi connectivity index (χ0) is 27.3. The maximum absolute atomic E-state index is 12.6. The smallest absolute Gasteiger partial charge is 0.267 e. The van der Waals surface area contributed by atoms with Crippen molar-refractivity contribution in [2.75, 3.05) is 26.2 Å². The van der Waals surface area contributed by atoms with Crippen molar-refractivity contribution in [3.05, 3.63) is 94.5 Å². The molecule has 3 heterocycles. The summed E-state index contributed by atoms with van der Waals surface area (Å²) in [6.45, 7) is 4.64. The van der Waals surface area contributed by atoms with E-state index in [1.54, 1.807) is 30.6 Å². The van der Waals surface area contributed by atoms with E-state index in [1.165, 1.54) is 56.1 Å². The predicted molar refractivity (Wildman–Crippen MR) is 153 cm³/mol. The number of piperidine rings is 1. The second kappa shape index (κ2) is 11.8. The number of hydrogen-bond donors (Lipinski definition) is 0. The molecule has 0 bridgehead atoms. The van der Waals surface area contributed by atoms with Gasteiger partial charge in [-0.3, -0.25) is 4.79 Å². The van der Waals surface area contributed by atoms with Crippen LogP contribution in [0.15, 0.2) is 77.9 Å². The van der Waals surface area contributed by atoms with Crippen molar-refractivity contribution in [2.45, 2.75) is 32.2 Å². The minimum Gasteiger partial charge on any atom is -0.490 e. The van der Waals surface area contributed by atoms with Gasteiger partial charge in [0.1, 0.15) is 0 Å². The van der Waals surface area contributed by atoms with Crippen LogP contribution in [0.25, 0.3) is 22.6 Å². The highest BCUT2D eigenvalue weighted by molar-refractivity contribution is 5.60. The molecular formula is C32H32N6O2. The molecule has 0 atom stereocenters. The second-order valence-corrected chi connectivity index (χ2v) is 10.8. The third-order valence-electron chi connectivity index (χ3n) is 7.71. The molecule has 0 unspecified atom stereocenters. The van der Waals surface area contributed by atoms with Crippen LogP contribution in [-0.2, 0) is 6.54 Å². The molecule has 6 rings (SSSR count). The molecule has 2 aliphatic rings. The number of hydrogen-bond acceptors (Lipinski definition) is 7. The molecule has 1 aliphatic carbocycles. The van der Waals surface area contributed by atoms with Crippen LogP contribution in [0, 0.1) is 23.2 Å². The van der Waals surface area contributed by atoms with Gasteiger partial charge in [-0.15, -0.1) is 0 Å². The van der Waals surface area contributed by atoms with Crippen molar-refractivity contribution in [3.63, 3.8) is 0 Å². The third-order valence-corrected chi connectivity index (χ3v) is 7.71. The van der Waals surface area contributed by atoms with Crippen LogP contribution in [0.2, 0.25) is 0 Å². The minimum atomic E-state index is -0.197. The topological polar surface area (TPSA) is 96.9 Å². The molecule has 1 saturated heterocycles. The number of aromatic nitrogens is 4. The lowest BCUT2D eigenvalue weighted by atomic mass is 9.97. The van der Waals surface area contributed by atoms with E-state index >= 15 is 0 Å². The van der Waals surface area contributed by atoms with E-state index in [2.05, 4.69) is 26.0 Å². The summed E-state index contributed by atoms with van der Waals surface area (Å²) in [6.07, 6.45) is 8.67. The summed E-state index contributed by atoms with van der Waals surface area (Å²) >= 11 is 0. The Balaban J connectivity index is 1.08. The van der Waals surface area contributed by atoms with Crippen molar-refractivity contribution >= 4 is 0 Å². The molecule has 0 amide bonds. The highest BCUT2D eigenvalue weighted by Gasteiger charge is 2.27. The van der Waals surface area contributed by atoms with Crippen LogP contribution in [0.4, 0.5) is 0 Å². The Hall–Kier alpha value is -4.35. The monoisotopic (exact) mass is 532 g/mol. The molecule has 8 heteroatoms. The van der Waals surface area contributed by atoms with E-state index in [4.69, 9.17) is 4.74 Å². The van der Waals surface area contributed by atoms with Crippen LogP contribution < -0.4 is 10.3 Å². The number of nitriles is 1. The zero-order valence-electron chi connectivity index (χ0n) is 22.4. The van der Waals surface area contributed by atoms with Gasteiger partial charge in [-0.05, 0) is 80.4 Å². The molecule has 40 heavy (non-hydrogen) atoms. The first kappa shape index (κ1) is 25.9. The molecule has 8 nitrogen and oxygen atoms in total. The maximum atomic E-state index is 12.6. The second-order valence-electron chi connectivity index (χ2n) is 10.8. The fourth-order valence-electron chi connectivity index (χ4n) is 5.20. The van der Waals surface area contributed by atoms with E-state index in [-0.39, 0.29) is 5.56 Å². The Morgan fingerprint density at radius 1 is 0.900 bits per heavy atom. The van der Waals surface area contributed by atoms with Gasteiger partial charge in [0.2, 0.25) is 0 Å². The molecule has 0 radical (unpaired) electrons. The highest BCUT2D eigenvalue weighted by atomic mass is 16.5. The predicted octanol–water partition coefficient (Wildman–Crippen LogP) is 4.79. The van der Waals surface area contributed by atoms with Crippen LogP contribution >= 0.6 is 0 Å². The van der Waals surface area contributed by atoms with Crippen molar-refractivity contribution in [1.82, 2.24) is 24.6 Å². The normalized spacial score (nSPS) is 16.0. The van der Waals surface area contributed by atoms with Gasteiger partial charge in [0, 0.05) is 23.7 Å². The van der Waals surface area contributed by atoms with Crippen LogP contribution in [0.5, 0.6) is 5.75 Å². The van der Waals surface area contributed by atoms with E-state index in [0.717, 1.165) is 22.6 Å². The first-order chi connectivity index (χ1) is 19.6. The molecule has 1 saturated carbocycles. The minimum absolute atomic E-state index is 0.197.